The van der Waals surface area contributed by atoms with Crippen molar-refractivity contribution in [1.82, 2.24) is 5.32 Å². The molecule has 1 heteroatoms. The first-order chi connectivity index (χ1) is 3.81. The molecule has 0 fully saturated rings. The van der Waals surface area contributed by atoms with Gasteiger partial charge in [0.05, 0.1) is 0 Å². The maximum atomic E-state index is 4.08. The standard InChI is InChI=1S/C7H14N/c1-4-6-7(3)8-5-2/h5,7H,2,4,6H2,1,3H3. The zero-order valence-corrected chi connectivity index (χ0v) is 5.72. The Morgan fingerprint density at radius 1 is 1.75 bits per heavy atom. The number of nitrogens with zero attached hydrogens (tertiary/aromatic N) is 1. The molecule has 0 aromatic heterocycles. The Hall–Kier alpha value is -0.460. The van der Waals surface area contributed by atoms with Crippen molar-refractivity contribution in [2.75, 3.05) is 0 Å². The average molecular weight is 112 g/mol. The van der Waals surface area contributed by atoms with E-state index in [1.165, 1.54) is 12.8 Å². The van der Waals surface area contributed by atoms with Gasteiger partial charge in [-0.25, -0.2) is 0 Å². The molecule has 0 aromatic carbocycles. The van der Waals surface area contributed by atoms with E-state index in [1.807, 2.05) is 0 Å². The van der Waals surface area contributed by atoms with Crippen LogP contribution in [0.25, 0.3) is 0 Å². The van der Waals surface area contributed by atoms with Crippen molar-refractivity contribution in [3.05, 3.63) is 12.8 Å². The molecule has 0 N–H and O–H groups in total. The van der Waals surface area contributed by atoms with Gasteiger partial charge in [-0.15, -0.1) is 0 Å². The van der Waals surface area contributed by atoms with E-state index in [4.69, 9.17) is 0 Å². The SMILES string of the molecule is C=C[N]C(C)CCC. The largest absolute Gasteiger partial charge is 0.291 e. The summed E-state index contributed by atoms with van der Waals surface area (Å²) in [6.45, 7) is 7.78. The Kier molecular flexibility index (Phi) is 4.42. The van der Waals surface area contributed by atoms with Gasteiger partial charge in [0.1, 0.15) is 0 Å². The van der Waals surface area contributed by atoms with Gasteiger partial charge in [0.15, 0.2) is 0 Å². The van der Waals surface area contributed by atoms with Crippen LogP contribution >= 0.6 is 0 Å². The number of rotatable bonds is 4. The van der Waals surface area contributed by atoms with E-state index in [0.717, 1.165) is 0 Å². The lowest BCUT2D eigenvalue weighted by Crippen LogP contribution is -2.11. The molecule has 0 aliphatic heterocycles. The van der Waals surface area contributed by atoms with Crippen molar-refractivity contribution in [2.45, 2.75) is 32.7 Å². The van der Waals surface area contributed by atoms with E-state index in [1.54, 1.807) is 6.20 Å². The smallest absolute Gasteiger partial charge is 0.0471 e. The molecule has 0 rings (SSSR count). The molecule has 0 saturated heterocycles. The van der Waals surface area contributed by atoms with Crippen molar-refractivity contribution in [1.29, 1.82) is 0 Å². The Balaban J connectivity index is 3.03. The molecular weight excluding hydrogens is 98.1 g/mol. The van der Waals surface area contributed by atoms with E-state index in [-0.39, 0.29) is 0 Å². The summed E-state index contributed by atoms with van der Waals surface area (Å²) in [5.41, 5.74) is 0. The molecule has 0 heterocycles. The molecule has 0 aromatic rings. The maximum absolute atomic E-state index is 4.08. The second-order valence-corrected chi connectivity index (χ2v) is 1.97. The summed E-state index contributed by atoms with van der Waals surface area (Å²) in [5, 5.41) is 4.08. The van der Waals surface area contributed by atoms with Crippen LogP contribution in [0.5, 0.6) is 0 Å². The quantitative estimate of drug-likeness (QED) is 0.527. The van der Waals surface area contributed by atoms with Crippen molar-refractivity contribution in [3.8, 4) is 0 Å². The minimum absolute atomic E-state index is 0.470. The topological polar surface area (TPSA) is 14.1 Å². The zero-order valence-electron chi connectivity index (χ0n) is 5.72. The lowest BCUT2D eigenvalue weighted by molar-refractivity contribution is 0.570. The number of hydrogen-bond donors (Lipinski definition) is 0. The Morgan fingerprint density at radius 2 is 2.38 bits per heavy atom. The summed E-state index contributed by atoms with van der Waals surface area (Å²) in [4.78, 5) is 0. The Morgan fingerprint density at radius 3 is 2.75 bits per heavy atom. The molecule has 47 valence electrons. The monoisotopic (exact) mass is 112 g/mol. The summed E-state index contributed by atoms with van der Waals surface area (Å²) >= 11 is 0. The van der Waals surface area contributed by atoms with Gasteiger partial charge in [0.2, 0.25) is 0 Å². The molecule has 1 nitrogen and oxygen atoms in total. The van der Waals surface area contributed by atoms with Gasteiger partial charge >= 0.3 is 0 Å². The molecule has 1 unspecified atom stereocenters. The van der Waals surface area contributed by atoms with Crippen LogP contribution in [0.2, 0.25) is 0 Å². The molecule has 1 atom stereocenters. The van der Waals surface area contributed by atoms with Gasteiger partial charge in [-0.1, -0.05) is 19.9 Å². The van der Waals surface area contributed by atoms with E-state index in [2.05, 4.69) is 25.7 Å². The molecule has 8 heavy (non-hydrogen) atoms. The van der Waals surface area contributed by atoms with Crippen LogP contribution in [0.15, 0.2) is 12.8 Å². The van der Waals surface area contributed by atoms with Gasteiger partial charge in [-0.05, 0) is 13.3 Å². The zero-order chi connectivity index (χ0) is 6.41. The minimum atomic E-state index is 0.470. The lowest BCUT2D eigenvalue weighted by Gasteiger charge is -2.04. The molecular formula is C7H14N. The second kappa shape index (κ2) is 4.69. The van der Waals surface area contributed by atoms with Gasteiger partial charge in [-0.2, -0.15) is 0 Å². The molecule has 0 saturated carbocycles. The van der Waals surface area contributed by atoms with Gasteiger partial charge in [-0.3, -0.25) is 5.32 Å². The highest BCUT2D eigenvalue weighted by Gasteiger charge is 1.94. The highest BCUT2D eigenvalue weighted by molar-refractivity contribution is 4.68. The first-order valence-corrected chi connectivity index (χ1v) is 3.12. The molecule has 1 radical (unpaired) electrons. The van der Waals surface area contributed by atoms with E-state index in [9.17, 15) is 0 Å². The van der Waals surface area contributed by atoms with Crippen LogP contribution in [0.3, 0.4) is 0 Å². The normalized spacial score (nSPS) is 12.8. The van der Waals surface area contributed by atoms with E-state index < -0.39 is 0 Å². The molecule has 0 spiro atoms. The predicted molar refractivity (Wildman–Crippen MR) is 36.7 cm³/mol. The van der Waals surface area contributed by atoms with Crippen molar-refractivity contribution < 1.29 is 0 Å². The van der Waals surface area contributed by atoms with Crippen LogP contribution in [-0.2, 0) is 0 Å². The summed E-state index contributed by atoms with van der Waals surface area (Å²) < 4.78 is 0. The fourth-order valence-corrected chi connectivity index (χ4v) is 0.672. The van der Waals surface area contributed by atoms with Gasteiger partial charge in [0, 0.05) is 12.2 Å². The minimum Gasteiger partial charge on any atom is -0.291 e. The Labute approximate surface area is 51.8 Å². The first kappa shape index (κ1) is 7.54. The second-order valence-electron chi connectivity index (χ2n) is 1.97. The fourth-order valence-electron chi connectivity index (χ4n) is 0.672. The Bertz CT molecular complexity index is 59.4. The third-order valence-electron chi connectivity index (χ3n) is 1.07. The average Bonchev–Trinajstić information content (AvgIpc) is 1.68. The summed E-state index contributed by atoms with van der Waals surface area (Å²) in [6, 6.07) is 0.470. The first-order valence-electron chi connectivity index (χ1n) is 3.12. The maximum Gasteiger partial charge on any atom is 0.0471 e. The van der Waals surface area contributed by atoms with Gasteiger partial charge < -0.3 is 0 Å². The van der Waals surface area contributed by atoms with Crippen LogP contribution in [0.4, 0.5) is 0 Å². The van der Waals surface area contributed by atoms with Crippen LogP contribution in [0, 0.1) is 0 Å². The molecule has 0 aliphatic rings. The van der Waals surface area contributed by atoms with Crippen LogP contribution < -0.4 is 5.32 Å². The molecule has 0 aliphatic carbocycles. The highest BCUT2D eigenvalue weighted by atomic mass is 14.9. The third-order valence-corrected chi connectivity index (χ3v) is 1.07. The van der Waals surface area contributed by atoms with Crippen molar-refractivity contribution in [2.24, 2.45) is 0 Å². The number of hydrogen-bond acceptors (Lipinski definition) is 0. The highest BCUT2D eigenvalue weighted by Crippen LogP contribution is 1.94. The van der Waals surface area contributed by atoms with Crippen LogP contribution in [-0.4, -0.2) is 6.04 Å². The third kappa shape index (κ3) is 3.72. The van der Waals surface area contributed by atoms with Crippen molar-refractivity contribution >= 4 is 0 Å². The summed E-state index contributed by atoms with van der Waals surface area (Å²) in [6.07, 6.45) is 4.00. The lowest BCUT2D eigenvalue weighted by atomic mass is 10.2. The van der Waals surface area contributed by atoms with Crippen LogP contribution in [0.1, 0.15) is 26.7 Å². The van der Waals surface area contributed by atoms with E-state index in [0.29, 0.717) is 6.04 Å². The van der Waals surface area contributed by atoms with Crippen molar-refractivity contribution in [3.63, 3.8) is 0 Å². The molecule has 0 amide bonds. The van der Waals surface area contributed by atoms with Gasteiger partial charge in [0.25, 0.3) is 0 Å². The summed E-state index contributed by atoms with van der Waals surface area (Å²) in [7, 11) is 0. The predicted octanol–water partition coefficient (Wildman–Crippen LogP) is 1.92. The molecule has 0 bridgehead atoms. The summed E-state index contributed by atoms with van der Waals surface area (Å²) in [5.74, 6) is 0. The van der Waals surface area contributed by atoms with E-state index >= 15 is 0 Å². The fraction of sp³-hybridized carbons (Fsp3) is 0.714.